The van der Waals surface area contributed by atoms with Crippen molar-refractivity contribution in [2.45, 2.75) is 30.3 Å². The van der Waals surface area contributed by atoms with Crippen LogP contribution in [0.25, 0.3) is 10.9 Å². The Balaban J connectivity index is 1.34. The van der Waals surface area contributed by atoms with Crippen molar-refractivity contribution < 1.29 is 21.6 Å². The molecule has 2 N–H and O–H groups in total. The molecule has 1 saturated heterocycles. The molecule has 0 saturated carbocycles. The molecule has 0 radical (unpaired) electrons. The zero-order valence-electron chi connectivity index (χ0n) is 16.7. The molecule has 1 aromatic heterocycles. The molecule has 0 spiro atoms. The summed E-state index contributed by atoms with van der Waals surface area (Å²) < 4.78 is 52.5. The number of aryl methyl sites for hydroxylation is 1. The molecule has 0 aliphatic carbocycles. The number of fused-ring (bicyclic) bond motifs is 1. The average Bonchev–Trinajstić information content (AvgIpc) is 3.29. The number of anilines is 1. The second-order valence-electron chi connectivity index (χ2n) is 7.61. The highest BCUT2D eigenvalue weighted by Crippen LogP contribution is 2.19. The Kier molecular flexibility index (Phi) is 5.87. The quantitative estimate of drug-likeness (QED) is 0.560. The van der Waals surface area contributed by atoms with Crippen LogP contribution in [0.4, 0.5) is 5.69 Å². The summed E-state index contributed by atoms with van der Waals surface area (Å²) in [7, 11) is -7.01. The molecule has 2 aromatic carbocycles. The van der Waals surface area contributed by atoms with Gasteiger partial charge in [0.1, 0.15) is 0 Å². The first-order valence-electron chi connectivity index (χ1n) is 9.88. The molecule has 1 atom stereocenters. The zero-order chi connectivity index (χ0) is 22.1. The summed E-state index contributed by atoms with van der Waals surface area (Å²) in [6.45, 7) is 0.528. The fourth-order valence-corrected chi connectivity index (χ4v) is 6.72. The van der Waals surface area contributed by atoms with Crippen LogP contribution in [0.3, 0.4) is 0 Å². The largest absolute Gasteiger partial charge is 0.347 e. The first kappa shape index (κ1) is 21.5. The third-order valence-corrected chi connectivity index (χ3v) is 8.57. The average molecular weight is 462 g/mol. The first-order chi connectivity index (χ1) is 14.7. The fourth-order valence-electron chi connectivity index (χ4n) is 3.67. The summed E-state index contributed by atoms with van der Waals surface area (Å²) in [6, 6.07) is 15.1. The molecule has 1 fully saturated rings. The number of carbonyl (C=O) groups is 1. The SMILES string of the molecule is O=C(CCn1ccc2ccccc21)Nc1ccc(S(=O)(=O)N[C@H]2CCS(=O)(=O)C2)cc1. The number of para-hydroxylation sites is 1. The van der Waals surface area contributed by atoms with Crippen molar-refractivity contribution in [1.82, 2.24) is 9.29 Å². The summed E-state index contributed by atoms with van der Waals surface area (Å²) in [5.74, 6) is -0.372. The fraction of sp³-hybridized carbons (Fsp3) is 0.286. The van der Waals surface area contributed by atoms with E-state index < -0.39 is 25.9 Å². The Morgan fingerprint density at radius 3 is 2.52 bits per heavy atom. The Labute approximate surface area is 181 Å². The number of aromatic nitrogens is 1. The molecule has 1 amide bonds. The molecular weight excluding hydrogens is 438 g/mol. The molecule has 8 nitrogen and oxygen atoms in total. The van der Waals surface area contributed by atoms with Gasteiger partial charge in [0.25, 0.3) is 0 Å². The monoisotopic (exact) mass is 461 g/mol. The minimum atomic E-state index is -3.83. The van der Waals surface area contributed by atoms with Crippen molar-refractivity contribution in [3.63, 3.8) is 0 Å². The van der Waals surface area contributed by atoms with E-state index in [9.17, 15) is 21.6 Å². The first-order valence-corrected chi connectivity index (χ1v) is 13.2. The highest BCUT2D eigenvalue weighted by molar-refractivity contribution is 7.92. The lowest BCUT2D eigenvalue weighted by Crippen LogP contribution is -2.35. The number of nitrogens with one attached hydrogen (secondary N) is 2. The van der Waals surface area contributed by atoms with Gasteiger partial charge in [0.05, 0.1) is 16.4 Å². The molecule has 4 rings (SSSR count). The van der Waals surface area contributed by atoms with E-state index in [1.165, 1.54) is 24.3 Å². The lowest BCUT2D eigenvalue weighted by Gasteiger charge is -2.12. The summed E-state index contributed by atoms with van der Waals surface area (Å²) in [5, 5.41) is 3.88. The molecule has 1 aliphatic heterocycles. The van der Waals surface area contributed by atoms with Crippen molar-refractivity contribution in [2.24, 2.45) is 0 Å². The standard InChI is InChI=1S/C21H23N3O5S2/c25-21(10-13-24-12-9-16-3-1-2-4-20(16)24)22-17-5-7-19(8-6-17)31(28,29)23-18-11-14-30(26,27)15-18/h1-9,12,18,23H,10-11,13-15H2,(H,22,25)/t18-/m0/s1. The number of sulfonamides is 1. The number of amides is 1. The third kappa shape index (κ3) is 5.15. The maximum Gasteiger partial charge on any atom is 0.240 e. The number of benzene rings is 2. The van der Waals surface area contributed by atoms with Gasteiger partial charge in [0, 0.05) is 36.4 Å². The van der Waals surface area contributed by atoms with Gasteiger partial charge in [0.2, 0.25) is 15.9 Å². The van der Waals surface area contributed by atoms with E-state index in [2.05, 4.69) is 10.0 Å². The highest BCUT2D eigenvalue weighted by Gasteiger charge is 2.31. The maximum absolute atomic E-state index is 12.5. The van der Waals surface area contributed by atoms with E-state index in [1.807, 2.05) is 41.1 Å². The normalized spacial score (nSPS) is 18.3. The van der Waals surface area contributed by atoms with Crippen molar-refractivity contribution in [3.05, 3.63) is 60.8 Å². The van der Waals surface area contributed by atoms with Crippen LogP contribution in [0.15, 0.2) is 65.7 Å². The zero-order valence-corrected chi connectivity index (χ0v) is 18.3. The maximum atomic E-state index is 12.5. The molecule has 31 heavy (non-hydrogen) atoms. The second kappa shape index (κ2) is 8.45. The van der Waals surface area contributed by atoms with Gasteiger partial charge in [-0.15, -0.1) is 0 Å². The molecular formula is C21H23N3O5S2. The number of carbonyl (C=O) groups excluding carboxylic acids is 1. The van der Waals surface area contributed by atoms with Gasteiger partial charge in [-0.25, -0.2) is 21.6 Å². The van der Waals surface area contributed by atoms with Gasteiger partial charge >= 0.3 is 0 Å². The van der Waals surface area contributed by atoms with Gasteiger partial charge in [-0.2, -0.15) is 0 Å². The van der Waals surface area contributed by atoms with E-state index in [4.69, 9.17) is 0 Å². The summed E-state index contributed by atoms with van der Waals surface area (Å²) >= 11 is 0. The van der Waals surface area contributed by atoms with Crippen LogP contribution in [0, 0.1) is 0 Å². The van der Waals surface area contributed by atoms with Crippen LogP contribution >= 0.6 is 0 Å². The van der Waals surface area contributed by atoms with Gasteiger partial charge in [-0.3, -0.25) is 4.79 Å². The second-order valence-corrected chi connectivity index (χ2v) is 11.6. The molecule has 2 heterocycles. The van der Waals surface area contributed by atoms with Gasteiger partial charge in [0.15, 0.2) is 9.84 Å². The molecule has 1 aliphatic rings. The van der Waals surface area contributed by atoms with Gasteiger partial charge < -0.3 is 9.88 Å². The van der Waals surface area contributed by atoms with E-state index in [1.54, 1.807) is 0 Å². The minimum absolute atomic E-state index is 0.00996. The molecule has 10 heteroatoms. The highest BCUT2D eigenvalue weighted by atomic mass is 32.2. The summed E-state index contributed by atoms with van der Waals surface area (Å²) in [4.78, 5) is 12.3. The van der Waals surface area contributed by atoms with Crippen LogP contribution in [0.5, 0.6) is 0 Å². The number of nitrogens with zero attached hydrogens (tertiary/aromatic N) is 1. The van der Waals surface area contributed by atoms with Crippen LogP contribution in [-0.2, 0) is 31.2 Å². The minimum Gasteiger partial charge on any atom is -0.347 e. The van der Waals surface area contributed by atoms with Crippen molar-refractivity contribution >= 4 is 42.4 Å². The Hall–Kier alpha value is -2.69. The molecule has 0 unspecified atom stereocenters. The lowest BCUT2D eigenvalue weighted by molar-refractivity contribution is -0.116. The lowest BCUT2D eigenvalue weighted by atomic mass is 10.2. The number of hydrogen-bond acceptors (Lipinski definition) is 5. The molecule has 3 aromatic rings. The van der Waals surface area contributed by atoms with Gasteiger partial charge in [-0.1, -0.05) is 18.2 Å². The Morgan fingerprint density at radius 1 is 1.06 bits per heavy atom. The van der Waals surface area contributed by atoms with Crippen molar-refractivity contribution in [3.8, 4) is 0 Å². The van der Waals surface area contributed by atoms with Crippen molar-refractivity contribution in [1.29, 1.82) is 0 Å². The molecule has 0 bridgehead atoms. The predicted octanol–water partition coefficient (Wildman–Crippen LogP) is 2.14. The number of sulfone groups is 1. The van der Waals surface area contributed by atoms with E-state index in [-0.39, 0.29) is 35.2 Å². The van der Waals surface area contributed by atoms with Crippen LogP contribution in [0.2, 0.25) is 0 Å². The number of rotatable bonds is 7. The smallest absolute Gasteiger partial charge is 0.240 e. The van der Waals surface area contributed by atoms with Gasteiger partial charge in [-0.05, 0) is 48.2 Å². The van der Waals surface area contributed by atoms with E-state index in [0.29, 0.717) is 12.2 Å². The van der Waals surface area contributed by atoms with Crippen molar-refractivity contribution in [2.75, 3.05) is 16.8 Å². The Bertz CT molecular complexity index is 1310. The van der Waals surface area contributed by atoms with Crippen LogP contribution in [0.1, 0.15) is 12.8 Å². The van der Waals surface area contributed by atoms with Crippen LogP contribution < -0.4 is 10.0 Å². The van der Waals surface area contributed by atoms with E-state index >= 15 is 0 Å². The predicted molar refractivity (Wildman–Crippen MR) is 119 cm³/mol. The topological polar surface area (TPSA) is 114 Å². The number of hydrogen-bond donors (Lipinski definition) is 2. The Morgan fingerprint density at radius 2 is 1.81 bits per heavy atom. The molecule has 164 valence electrons. The summed E-state index contributed by atoms with van der Waals surface area (Å²) in [6.07, 6.45) is 2.49. The van der Waals surface area contributed by atoms with E-state index in [0.717, 1.165) is 10.9 Å². The summed E-state index contributed by atoms with van der Waals surface area (Å²) in [5.41, 5.74) is 1.55. The third-order valence-electron chi connectivity index (χ3n) is 5.26. The van der Waals surface area contributed by atoms with Crippen LogP contribution in [-0.4, -0.2) is 44.9 Å².